The third-order valence-electron chi connectivity index (χ3n) is 1.37. The van der Waals surface area contributed by atoms with Crippen LogP contribution in [-0.2, 0) is 11.3 Å². The van der Waals surface area contributed by atoms with Gasteiger partial charge in [-0.2, -0.15) is 5.10 Å². The first-order valence-electron chi connectivity index (χ1n) is 3.39. The van der Waals surface area contributed by atoms with E-state index in [0.29, 0.717) is 12.4 Å². The number of hydrogen-bond donors (Lipinski definition) is 1. The first-order valence-corrected chi connectivity index (χ1v) is 4.21. The Morgan fingerprint density at radius 1 is 1.75 bits per heavy atom. The average molecular weight is 184 g/mol. The third kappa shape index (κ3) is 1.15. The number of nitrogens with two attached hydrogens (primary N) is 1. The lowest BCUT2D eigenvalue weighted by Crippen LogP contribution is -1.88. The minimum absolute atomic E-state index is 0.498. The highest BCUT2D eigenvalue weighted by Crippen LogP contribution is 2.15. The van der Waals surface area contributed by atoms with Crippen molar-refractivity contribution in [1.82, 2.24) is 14.6 Å². The highest BCUT2D eigenvalue weighted by Gasteiger charge is 2.05. The molecule has 0 aliphatic rings. The minimum Gasteiger partial charge on any atom is -0.382 e. The van der Waals surface area contributed by atoms with Crippen LogP contribution in [0.3, 0.4) is 0 Å². The van der Waals surface area contributed by atoms with E-state index in [4.69, 9.17) is 10.5 Å². The fraction of sp³-hybridized carbons (Fsp3) is 0.333. The van der Waals surface area contributed by atoms with E-state index < -0.39 is 0 Å². The van der Waals surface area contributed by atoms with Crippen molar-refractivity contribution in [2.24, 2.45) is 0 Å². The van der Waals surface area contributed by atoms with Crippen LogP contribution >= 0.6 is 11.3 Å². The standard InChI is InChI=1S/C6H8N4OS/c1-11-3-5-9-10-2-4(7)8-6(10)12-5/h2H,3,7H2,1H3. The molecule has 0 amide bonds. The normalized spacial score (nSPS) is 11.1. The molecule has 0 saturated carbocycles. The number of nitrogens with zero attached hydrogens (tertiary/aromatic N) is 3. The molecule has 0 unspecified atom stereocenters. The number of fused-ring (bicyclic) bond motifs is 1. The monoisotopic (exact) mass is 184 g/mol. The molecule has 0 spiro atoms. The van der Waals surface area contributed by atoms with Crippen molar-refractivity contribution in [1.29, 1.82) is 0 Å². The van der Waals surface area contributed by atoms with E-state index in [0.717, 1.165) is 9.97 Å². The van der Waals surface area contributed by atoms with Crippen LogP contribution in [0.1, 0.15) is 5.01 Å². The van der Waals surface area contributed by atoms with Gasteiger partial charge in [0.1, 0.15) is 10.8 Å². The summed E-state index contributed by atoms with van der Waals surface area (Å²) in [4.78, 5) is 4.86. The summed E-state index contributed by atoms with van der Waals surface area (Å²) < 4.78 is 6.59. The molecule has 0 radical (unpaired) electrons. The highest BCUT2D eigenvalue weighted by atomic mass is 32.1. The summed E-state index contributed by atoms with van der Waals surface area (Å²) in [7, 11) is 1.64. The van der Waals surface area contributed by atoms with Crippen molar-refractivity contribution in [3.05, 3.63) is 11.2 Å². The molecule has 0 aliphatic carbocycles. The zero-order chi connectivity index (χ0) is 8.55. The molecule has 5 nitrogen and oxygen atoms in total. The Kier molecular flexibility index (Phi) is 1.70. The first-order chi connectivity index (χ1) is 5.79. The number of hydrogen-bond acceptors (Lipinski definition) is 5. The molecule has 0 aromatic carbocycles. The predicted molar refractivity (Wildman–Crippen MR) is 46.0 cm³/mol. The second kappa shape index (κ2) is 2.72. The van der Waals surface area contributed by atoms with E-state index in [2.05, 4.69) is 10.1 Å². The summed E-state index contributed by atoms with van der Waals surface area (Å²) in [6.45, 7) is 0.522. The van der Waals surface area contributed by atoms with Gasteiger partial charge in [0.2, 0.25) is 4.96 Å². The Labute approximate surface area is 72.8 Å². The summed E-state index contributed by atoms with van der Waals surface area (Å²) in [5.41, 5.74) is 5.46. The molecule has 64 valence electrons. The van der Waals surface area contributed by atoms with Crippen LogP contribution in [0.25, 0.3) is 4.96 Å². The Balaban J connectivity index is 2.43. The molecule has 6 heteroatoms. The topological polar surface area (TPSA) is 65.4 Å². The maximum Gasteiger partial charge on any atom is 0.214 e. The van der Waals surface area contributed by atoms with Gasteiger partial charge in [-0.3, -0.25) is 0 Å². The number of aromatic nitrogens is 3. The lowest BCUT2D eigenvalue weighted by atomic mass is 10.8. The Morgan fingerprint density at radius 2 is 2.58 bits per heavy atom. The van der Waals surface area contributed by atoms with Crippen molar-refractivity contribution >= 4 is 22.1 Å². The number of rotatable bonds is 2. The quantitative estimate of drug-likeness (QED) is 0.739. The molecule has 0 atom stereocenters. The Hall–Kier alpha value is -1.14. The van der Waals surface area contributed by atoms with Crippen LogP contribution in [0.15, 0.2) is 6.20 Å². The summed E-state index contributed by atoms with van der Waals surface area (Å²) in [6, 6.07) is 0. The van der Waals surface area contributed by atoms with Crippen LogP contribution in [0.4, 0.5) is 5.82 Å². The predicted octanol–water partition coefficient (Wildman–Crippen LogP) is 0.519. The minimum atomic E-state index is 0.498. The van der Waals surface area contributed by atoms with Crippen LogP contribution < -0.4 is 5.73 Å². The van der Waals surface area contributed by atoms with Gasteiger partial charge in [-0.15, -0.1) is 0 Å². The van der Waals surface area contributed by atoms with Crippen LogP contribution in [0, 0.1) is 0 Å². The van der Waals surface area contributed by atoms with Crippen molar-refractivity contribution in [2.45, 2.75) is 6.61 Å². The lowest BCUT2D eigenvalue weighted by molar-refractivity contribution is 0.183. The molecule has 12 heavy (non-hydrogen) atoms. The van der Waals surface area contributed by atoms with Gasteiger partial charge in [-0.25, -0.2) is 9.50 Å². The van der Waals surface area contributed by atoms with Crippen LogP contribution in [0.2, 0.25) is 0 Å². The highest BCUT2D eigenvalue weighted by molar-refractivity contribution is 7.16. The molecule has 0 fully saturated rings. The molecular weight excluding hydrogens is 176 g/mol. The van der Waals surface area contributed by atoms with Gasteiger partial charge in [0.25, 0.3) is 0 Å². The van der Waals surface area contributed by atoms with Crippen molar-refractivity contribution < 1.29 is 4.74 Å². The molecule has 2 rings (SSSR count). The van der Waals surface area contributed by atoms with E-state index >= 15 is 0 Å². The van der Waals surface area contributed by atoms with Crippen molar-refractivity contribution in [3.63, 3.8) is 0 Å². The maximum atomic E-state index is 5.46. The largest absolute Gasteiger partial charge is 0.382 e. The van der Waals surface area contributed by atoms with E-state index in [1.165, 1.54) is 11.3 Å². The molecule has 2 aromatic rings. The summed E-state index contributed by atoms with van der Waals surface area (Å²) in [6.07, 6.45) is 1.69. The summed E-state index contributed by atoms with van der Waals surface area (Å²) >= 11 is 1.48. The zero-order valence-corrected chi connectivity index (χ0v) is 7.34. The van der Waals surface area contributed by atoms with E-state index in [-0.39, 0.29) is 0 Å². The second-order valence-electron chi connectivity index (χ2n) is 2.32. The van der Waals surface area contributed by atoms with Gasteiger partial charge in [0.05, 0.1) is 12.8 Å². The Morgan fingerprint density at radius 3 is 3.25 bits per heavy atom. The van der Waals surface area contributed by atoms with Gasteiger partial charge < -0.3 is 10.5 Å². The summed E-state index contributed by atoms with van der Waals surface area (Å²) in [5, 5.41) is 5.09. The van der Waals surface area contributed by atoms with Crippen molar-refractivity contribution in [3.8, 4) is 0 Å². The zero-order valence-electron chi connectivity index (χ0n) is 6.52. The number of ether oxygens (including phenoxy) is 1. The molecule has 2 aromatic heterocycles. The maximum absolute atomic E-state index is 5.46. The Bertz CT molecular complexity index is 362. The third-order valence-corrected chi connectivity index (χ3v) is 2.27. The second-order valence-corrected chi connectivity index (χ2v) is 3.36. The van der Waals surface area contributed by atoms with Gasteiger partial charge in [0.15, 0.2) is 0 Å². The number of methoxy groups -OCH3 is 1. The fourth-order valence-corrected chi connectivity index (χ4v) is 1.79. The fourth-order valence-electron chi connectivity index (χ4n) is 0.940. The molecular formula is C6H8N4OS. The molecule has 0 saturated heterocycles. The number of imidazole rings is 1. The van der Waals surface area contributed by atoms with Gasteiger partial charge in [-0.05, 0) is 0 Å². The van der Waals surface area contributed by atoms with Crippen LogP contribution in [0.5, 0.6) is 0 Å². The van der Waals surface area contributed by atoms with Crippen LogP contribution in [-0.4, -0.2) is 21.7 Å². The smallest absolute Gasteiger partial charge is 0.214 e. The molecule has 2 heterocycles. The number of anilines is 1. The molecule has 0 aliphatic heterocycles. The number of nitrogen functional groups attached to an aromatic ring is 1. The van der Waals surface area contributed by atoms with Gasteiger partial charge in [0, 0.05) is 7.11 Å². The van der Waals surface area contributed by atoms with Crippen molar-refractivity contribution in [2.75, 3.05) is 12.8 Å². The average Bonchev–Trinajstić information content (AvgIpc) is 2.44. The SMILES string of the molecule is COCc1nn2cc(N)nc2s1. The lowest BCUT2D eigenvalue weighted by Gasteiger charge is -1.87. The molecule has 2 N–H and O–H groups in total. The van der Waals surface area contributed by atoms with Gasteiger partial charge in [-0.1, -0.05) is 11.3 Å². The van der Waals surface area contributed by atoms with E-state index in [9.17, 15) is 0 Å². The van der Waals surface area contributed by atoms with Gasteiger partial charge >= 0.3 is 0 Å². The van der Waals surface area contributed by atoms with E-state index in [1.54, 1.807) is 17.8 Å². The first kappa shape index (κ1) is 7.51. The summed E-state index contributed by atoms with van der Waals surface area (Å²) in [5.74, 6) is 0.498. The van der Waals surface area contributed by atoms with E-state index in [1.807, 2.05) is 0 Å². The molecule has 0 bridgehead atoms.